The van der Waals surface area contributed by atoms with Gasteiger partial charge in [-0.15, -0.1) is 0 Å². The van der Waals surface area contributed by atoms with Crippen molar-refractivity contribution in [3.8, 4) is 0 Å². The Morgan fingerprint density at radius 3 is 2.09 bits per heavy atom. The summed E-state index contributed by atoms with van der Waals surface area (Å²) in [6.07, 6.45) is 0.770. The average molecular weight is 328 g/mol. The third-order valence-corrected chi connectivity index (χ3v) is 4.27. The summed E-state index contributed by atoms with van der Waals surface area (Å²) in [6, 6.07) is -0.788. The van der Waals surface area contributed by atoms with Crippen molar-refractivity contribution < 1.29 is 28.7 Å². The van der Waals surface area contributed by atoms with Crippen molar-refractivity contribution in [3.63, 3.8) is 0 Å². The number of hydroxylamine groups is 1. The first-order valence-electron chi connectivity index (χ1n) is 7.63. The van der Waals surface area contributed by atoms with E-state index in [0.717, 1.165) is 0 Å². The third-order valence-electron chi connectivity index (χ3n) is 4.27. The summed E-state index contributed by atoms with van der Waals surface area (Å²) in [4.78, 5) is 43.1. The number of nitrogens with zero attached hydrogens (tertiary/aromatic N) is 1. The molecule has 1 N–H and O–H groups in total. The first-order valence-corrected chi connectivity index (χ1v) is 7.63. The highest BCUT2D eigenvalue weighted by Gasteiger charge is 2.61. The van der Waals surface area contributed by atoms with Crippen LogP contribution in [0.3, 0.4) is 0 Å². The molecule has 2 aliphatic heterocycles. The Bertz CT molecular complexity index is 501. The van der Waals surface area contributed by atoms with Gasteiger partial charge in [-0.2, -0.15) is 0 Å². The van der Waals surface area contributed by atoms with Gasteiger partial charge in [0.15, 0.2) is 0 Å². The predicted octanol–water partition coefficient (Wildman–Crippen LogP) is 0.851. The molecule has 8 heteroatoms. The molecule has 0 aromatic heterocycles. The highest BCUT2D eigenvalue weighted by atomic mass is 16.6. The molecule has 0 aromatic carbocycles. The summed E-state index contributed by atoms with van der Waals surface area (Å²) in [6.45, 7) is 5.32. The second-order valence-electron chi connectivity index (χ2n) is 6.84. The highest BCUT2D eigenvalue weighted by Crippen LogP contribution is 2.47. The molecule has 8 nitrogen and oxygen atoms in total. The van der Waals surface area contributed by atoms with Crippen molar-refractivity contribution in [3.05, 3.63) is 0 Å². The molecule has 2 aliphatic rings. The normalized spacial score (nSPS) is 29.3. The minimum absolute atomic E-state index is 0.394. The van der Waals surface area contributed by atoms with E-state index in [2.05, 4.69) is 10.3 Å². The van der Waals surface area contributed by atoms with Crippen molar-refractivity contribution >= 4 is 18.0 Å². The van der Waals surface area contributed by atoms with Crippen LogP contribution in [0.15, 0.2) is 0 Å². The van der Waals surface area contributed by atoms with Gasteiger partial charge in [-0.3, -0.25) is 14.4 Å². The van der Waals surface area contributed by atoms with E-state index in [4.69, 9.17) is 9.47 Å². The van der Waals surface area contributed by atoms with Crippen molar-refractivity contribution in [2.24, 2.45) is 11.8 Å². The standard InChI is InChI=1S/C15H24N2O6/c1-15(2,3)23-14(20)17-8-6-7-9(17)11(13(19)21-4)10(8)12(18)16-22-5/h8-11H,6-7H2,1-5H3,(H,16,18)/t8-,9-,10-,11+/m0/s1. The predicted molar refractivity (Wildman–Crippen MR) is 79.0 cm³/mol. The number of hydrogen-bond acceptors (Lipinski definition) is 6. The van der Waals surface area contributed by atoms with E-state index >= 15 is 0 Å². The lowest BCUT2D eigenvalue weighted by Crippen LogP contribution is -2.44. The maximum absolute atomic E-state index is 12.5. The molecule has 2 amide bonds. The van der Waals surface area contributed by atoms with Gasteiger partial charge in [-0.1, -0.05) is 0 Å². The molecule has 2 bridgehead atoms. The van der Waals surface area contributed by atoms with E-state index in [9.17, 15) is 14.4 Å². The minimum Gasteiger partial charge on any atom is -0.469 e. The molecule has 4 atom stereocenters. The molecule has 0 aliphatic carbocycles. The van der Waals surface area contributed by atoms with E-state index in [-0.39, 0.29) is 0 Å². The van der Waals surface area contributed by atoms with Crippen LogP contribution in [0.25, 0.3) is 0 Å². The topological polar surface area (TPSA) is 94.2 Å². The van der Waals surface area contributed by atoms with Crippen LogP contribution in [0.5, 0.6) is 0 Å². The molecule has 2 heterocycles. The summed E-state index contributed by atoms with van der Waals surface area (Å²) in [7, 11) is 2.60. The Kier molecular flexibility index (Phi) is 4.84. The molecule has 0 spiro atoms. The van der Waals surface area contributed by atoms with Crippen LogP contribution in [0, 0.1) is 11.8 Å². The molecule has 130 valence electrons. The maximum Gasteiger partial charge on any atom is 0.410 e. The quantitative estimate of drug-likeness (QED) is 0.610. The van der Waals surface area contributed by atoms with E-state index in [1.165, 1.54) is 19.1 Å². The minimum atomic E-state index is -0.707. The number of ether oxygens (including phenoxy) is 2. The van der Waals surface area contributed by atoms with E-state index in [1.54, 1.807) is 20.8 Å². The van der Waals surface area contributed by atoms with Crippen LogP contribution >= 0.6 is 0 Å². The van der Waals surface area contributed by atoms with Gasteiger partial charge in [-0.05, 0) is 33.6 Å². The molecule has 2 rings (SSSR count). The van der Waals surface area contributed by atoms with Gasteiger partial charge in [-0.25, -0.2) is 10.3 Å². The molecule has 0 saturated carbocycles. The molecule has 0 aromatic rings. The van der Waals surface area contributed by atoms with E-state index in [1.807, 2.05) is 0 Å². The second-order valence-corrected chi connectivity index (χ2v) is 6.84. The van der Waals surface area contributed by atoms with Gasteiger partial charge in [0.1, 0.15) is 5.60 Å². The lowest BCUT2D eigenvalue weighted by molar-refractivity contribution is -0.153. The Labute approximate surface area is 135 Å². The fourth-order valence-corrected chi connectivity index (χ4v) is 3.58. The van der Waals surface area contributed by atoms with E-state index in [0.29, 0.717) is 12.8 Å². The van der Waals surface area contributed by atoms with Crippen LogP contribution in [-0.2, 0) is 23.9 Å². The first-order chi connectivity index (χ1) is 10.7. The summed E-state index contributed by atoms with van der Waals surface area (Å²) < 4.78 is 10.3. The van der Waals surface area contributed by atoms with Crippen molar-refractivity contribution in [1.29, 1.82) is 0 Å². The summed E-state index contributed by atoms with van der Waals surface area (Å²) >= 11 is 0. The summed E-state index contributed by atoms with van der Waals surface area (Å²) in [5.41, 5.74) is 1.61. The lowest BCUT2D eigenvalue weighted by atomic mass is 9.79. The van der Waals surface area contributed by atoms with Crippen molar-refractivity contribution in [2.45, 2.75) is 51.3 Å². The highest BCUT2D eigenvalue weighted by molar-refractivity contribution is 5.89. The number of hydrogen-bond donors (Lipinski definition) is 1. The number of carbonyl (C=O) groups is 3. The SMILES string of the molecule is CONC(=O)[C@@H]1[C@H](C(=O)OC)[C@@H]2CC[C@@H]1N2C(=O)OC(C)(C)C. The van der Waals surface area contributed by atoms with Gasteiger partial charge < -0.3 is 14.4 Å². The van der Waals surface area contributed by atoms with Gasteiger partial charge in [0.05, 0.1) is 26.1 Å². The lowest BCUT2D eigenvalue weighted by Gasteiger charge is -2.28. The maximum atomic E-state index is 12.5. The number of amides is 2. The first kappa shape index (κ1) is 17.5. The number of fused-ring (bicyclic) bond motifs is 2. The number of methoxy groups -OCH3 is 1. The van der Waals surface area contributed by atoms with Crippen LogP contribution in [0.1, 0.15) is 33.6 Å². The third kappa shape index (κ3) is 3.26. The molecule has 0 unspecified atom stereocenters. The molecule has 2 fully saturated rings. The van der Waals surface area contributed by atoms with Gasteiger partial charge in [0, 0.05) is 12.1 Å². The monoisotopic (exact) mass is 328 g/mol. The fourth-order valence-electron chi connectivity index (χ4n) is 3.58. The Morgan fingerprint density at radius 2 is 1.61 bits per heavy atom. The Hall–Kier alpha value is -1.83. The molecule has 23 heavy (non-hydrogen) atoms. The Balaban J connectivity index is 2.28. The average Bonchev–Trinajstić information content (AvgIpc) is 3.00. The van der Waals surface area contributed by atoms with Crippen molar-refractivity contribution in [1.82, 2.24) is 10.4 Å². The fraction of sp³-hybridized carbons (Fsp3) is 0.800. The number of nitrogens with one attached hydrogen (secondary N) is 1. The van der Waals surface area contributed by atoms with Crippen LogP contribution in [0.2, 0.25) is 0 Å². The second kappa shape index (κ2) is 6.35. The molecular formula is C15H24N2O6. The van der Waals surface area contributed by atoms with E-state index < -0.39 is 47.5 Å². The van der Waals surface area contributed by atoms with Crippen molar-refractivity contribution in [2.75, 3.05) is 14.2 Å². The van der Waals surface area contributed by atoms with Gasteiger partial charge >= 0.3 is 12.1 Å². The largest absolute Gasteiger partial charge is 0.469 e. The number of esters is 1. The van der Waals surface area contributed by atoms with Gasteiger partial charge in [0.25, 0.3) is 0 Å². The zero-order valence-electron chi connectivity index (χ0n) is 14.1. The van der Waals surface area contributed by atoms with Crippen LogP contribution in [0.4, 0.5) is 4.79 Å². The zero-order chi connectivity index (χ0) is 17.4. The molecular weight excluding hydrogens is 304 g/mol. The summed E-state index contributed by atoms with van der Waals surface area (Å²) in [5, 5.41) is 0. The van der Waals surface area contributed by atoms with Gasteiger partial charge in [0.2, 0.25) is 5.91 Å². The number of carbonyl (C=O) groups excluding carboxylic acids is 3. The van der Waals surface area contributed by atoms with Crippen LogP contribution in [-0.4, -0.2) is 54.8 Å². The van der Waals surface area contributed by atoms with Crippen LogP contribution < -0.4 is 5.48 Å². The molecule has 0 radical (unpaired) electrons. The number of rotatable bonds is 3. The Morgan fingerprint density at radius 1 is 1.04 bits per heavy atom. The smallest absolute Gasteiger partial charge is 0.410 e. The zero-order valence-corrected chi connectivity index (χ0v) is 14.1. The summed E-state index contributed by atoms with van der Waals surface area (Å²) in [5.74, 6) is -2.33. The molecule has 2 saturated heterocycles.